The molecule has 0 aliphatic carbocycles. The van der Waals surface area contributed by atoms with Crippen LogP contribution in [0.1, 0.15) is 12.7 Å². The van der Waals surface area contributed by atoms with E-state index in [1.807, 2.05) is 0 Å². The lowest BCUT2D eigenvalue weighted by atomic mass is 10.4. The molecule has 0 radical (unpaired) electrons. The molecule has 1 amide bonds. The van der Waals surface area contributed by atoms with E-state index >= 15 is 0 Å². The minimum absolute atomic E-state index is 0.179. The molecule has 2 aromatic heterocycles. The van der Waals surface area contributed by atoms with Crippen molar-refractivity contribution in [2.24, 2.45) is 0 Å². The van der Waals surface area contributed by atoms with Crippen molar-refractivity contribution in [3.8, 4) is 0 Å². The largest absolute Gasteiger partial charge is 0.374 e. The van der Waals surface area contributed by atoms with Crippen molar-refractivity contribution in [2.75, 3.05) is 11.1 Å². The third-order valence-corrected chi connectivity index (χ3v) is 3.88. The van der Waals surface area contributed by atoms with Crippen LogP contribution < -0.4 is 11.1 Å². The molecule has 0 aromatic carbocycles. The number of hydrogen-bond donors (Lipinski definition) is 2. The van der Waals surface area contributed by atoms with Crippen LogP contribution in [0.5, 0.6) is 0 Å². The molecule has 0 aliphatic rings. The number of nitrogen functional groups attached to an aromatic ring is 1. The van der Waals surface area contributed by atoms with E-state index in [9.17, 15) is 4.79 Å². The highest BCUT2D eigenvalue weighted by atomic mass is 32.2. The van der Waals surface area contributed by atoms with Crippen molar-refractivity contribution < 1.29 is 9.32 Å². The first-order valence-electron chi connectivity index (χ1n) is 5.04. The molecule has 1 atom stereocenters. The van der Waals surface area contributed by atoms with Gasteiger partial charge in [-0.2, -0.15) is 0 Å². The summed E-state index contributed by atoms with van der Waals surface area (Å²) >= 11 is 2.54. The number of nitrogens with two attached hydrogens (primary N) is 1. The van der Waals surface area contributed by atoms with Crippen molar-refractivity contribution in [3.63, 3.8) is 0 Å². The standard InChI is InChI=1S/C9H11N5O2S2/c1-4-3-6(14-16-4)11-7(15)5(2)17-9-13-12-8(10)18-9/h3,5H,1-2H3,(H2,10,12)(H,11,14,15)/t5-/m1/s1. The molecule has 2 heterocycles. The number of aromatic nitrogens is 3. The second-order valence-corrected chi connectivity index (χ2v) is 6.08. The molecule has 7 nitrogen and oxygen atoms in total. The number of nitrogens with one attached hydrogen (secondary N) is 1. The van der Waals surface area contributed by atoms with Gasteiger partial charge in [-0.1, -0.05) is 28.3 Å². The maximum Gasteiger partial charge on any atom is 0.238 e. The van der Waals surface area contributed by atoms with Gasteiger partial charge in [-0.3, -0.25) is 4.79 Å². The molecule has 9 heteroatoms. The molecule has 96 valence electrons. The number of nitrogens with zero attached hydrogens (tertiary/aromatic N) is 3. The van der Waals surface area contributed by atoms with E-state index in [0.717, 1.165) is 0 Å². The molecule has 2 rings (SSSR count). The fourth-order valence-corrected chi connectivity index (χ4v) is 2.91. The van der Waals surface area contributed by atoms with Gasteiger partial charge in [0.1, 0.15) is 5.76 Å². The Kier molecular flexibility index (Phi) is 3.82. The highest BCUT2D eigenvalue weighted by molar-refractivity contribution is 8.02. The van der Waals surface area contributed by atoms with Gasteiger partial charge in [0.05, 0.1) is 5.25 Å². The van der Waals surface area contributed by atoms with Crippen LogP contribution in [0.25, 0.3) is 0 Å². The lowest BCUT2D eigenvalue weighted by Crippen LogP contribution is -2.22. The first-order valence-corrected chi connectivity index (χ1v) is 6.74. The number of carbonyl (C=O) groups is 1. The number of thioether (sulfide) groups is 1. The Labute approximate surface area is 111 Å². The molecule has 0 saturated heterocycles. The summed E-state index contributed by atoms with van der Waals surface area (Å²) in [7, 11) is 0. The minimum Gasteiger partial charge on any atom is -0.374 e. The Balaban J connectivity index is 1.92. The van der Waals surface area contributed by atoms with Gasteiger partial charge in [0, 0.05) is 6.07 Å². The van der Waals surface area contributed by atoms with Crippen LogP contribution in [-0.4, -0.2) is 26.5 Å². The molecular weight excluding hydrogens is 274 g/mol. The van der Waals surface area contributed by atoms with E-state index < -0.39 is 0 Å². The Morgan fingerprint density at radius 3 is 2.94 bits per heavy atom. The summed E-state index contributed by atoms with van der Waals surface area (Å²) in [5.41, 5.74) is 5.47. The van der Waals surface area contributed by atoms with Crippen LogP contribution >= 0.6 is 23.1 Å². The van der Waals surface area contributed by atoms with Gasteiger partial charge in [-0.25, -0.2) is 0 Å². The van der Waals surface area contributed by atoms with E-state index in [1.54, 1.807) is 19.9 Å². The van der Waals surface area contributed by atoms with E-state index in [1.165, 1.54) is 23.1 Å². The predicted octanol–water partition coefficient (Wildman–Crippen LogP) is 1.54. The molecule has 0 aliphatic heterocycles. The second-order valence-electron chi connectivity index (χ2n) is 3.48. The molecule has 18 heavy (non-hydrogen) atoms. The third-order valence-electron chi connectivity index (χ3n) is 1.95. The summed E-state index contributed by atoms with van der Waals surface area (Å²) in [5, 5.41) is 13.9. The summed E-state index contributed by atoms with van der Waals surface area (Å²) < 4.78 is 5.52. The highest BCUT2D eigenvalue weighted by Gasteiger charge is 2.18. The highest BCUT2D eigenvalue weighted by Crippen LogP contribution is 2.27. The van der Waals surface area contributed by atoms with Crippen LogP contribution in [0.2, 0.25) is 0 Å². The fraction of sp³-hybridized carbons (Fsp3) is 0.333. The number of hydrogen-bond acceptors (Lipinski definition) is 8. The Bertz CT molecular complexity index is 553. The molecule has 3 N–H and O–H groups in total. The topological polar surface area (TPSA) is 107 Å². The zero-order chi connectivity index (χ0) is 13.1. The smallest absolute Gasteiger partial charge is 0.238 e. The number of aryl methyl sites for hydroxylation is 1. The molecule has 0 bridgehead atoms. The minimum atomic E-state index is -0.325. The first kappa shape index (κ1) is 12.8. The van der Waals surface area contributed by atoms with Crippen molar-refractivity contribution in [2.45, 2.75) is 23.4 Å². The number of rotatable bonds is 4. The van der Waals surface area contributed by atoms with Gasteiger partial charge in [-0.15, -0.1) is 10.2 Å². The van der Waals surface area contributed by atoms with E-state index in [2.05, 4.69) is 20.7 Å². The maximum atomic E-state index is 11.8. The van der Waals surface area contributed by atoms with Crippen LogP contribution in [0, 0.1) is 6.92 Å². The van der Waals surface area contributed by atoms with Gasteiger partial charge in [0.15, 0.2) is 10.2 Å². The van der Waals surface area contributed by atoms with Crippen LogP contribution in [0.3, 0.4) is 0 Å². The zero-order valence-corrected chi connectivity index (χ0v) is 11.3. The average molecular weight is 285 g/mol. The van der Waals surface area contributed by atoms with Crippen molar-refractivity contribution in [3.05, 3.63) is 11.8 Å². The van der Waals surface area contributed by atoms with Crippen LogP contribution in [-0.2, 0) is 4.79 Å². The quantitative estimate of drug-likeness (QED) is 0.820. The Morgan fingerprint density at radius 2 is 2.39 bits per heavy atom. The second kappa shape index (κ2) is 5.36. The van der Waals surface area contributed by atoms with Gasteiger partial charge < -0.3 is 15.6 Å². The van der Waals surface area contributed by atoms with E-state index in [4.69, 9.17) is 10.3 Å². The summed E-state index contributed by atoms with van der Waals surface area (Å²) in [6.07, 6.45) is 0. The number of anilines is 2. The molecule has 0 unspecified atom stereocenters. The van der Waals surface area contributed by atoms with E-state index in [-0.39, 0.29) is 11.2 Å². The number of carbonyl (C=O) groups excluding carboxylic acids is 1. The number of amides is 1. The van der Waals surface area contributed by atoms with Gasteiger partial charge in [0.25, 0.3) is 0 Å². The molecule has 2 aromatic rings. The lowest BCUT2D eigenvalue weighted by Gasteiger charge is -2.07. The normalized spacial score (nSPS) is 12.3. The molecular formula is C9H11N5O2S2. The molecule has 0 fully saturated rings. The van der Waals surface area contributed by atoms with Gasteiger partial charge in [0.2, 0.25) is 11.0 Å². The van der Waals surface area contributed by atoms with Crippen molar-refractivity contribution in [1.82, 2.24) is 15.4 Å². The van der Waals surface area contributed by atoms with E-state index in [0.29, 0.717) is 21.0 Å². The maximum absolute atomic E-state index is 11.8. The van der Waals surface area contributed by atoms with Crippen LogP contribution in [0.15, 0.2) is 14.9 Å². The predicted molar refractivity (Wildman–Crippen MR) is 69.5 cm³/mol. The summed E-state index contributed by atoms with van der Waals surface area (Å²) in [5.74, 6) is 0.867. The van der Waals surface area contributed by atoms with Crippen LogP contribution in [0.4, 0.5) is 10.9 Å². The Morgan fingerprint density at radius 1 is 1.61 bits per heavy atom. The van der Waals surface area contributed by atoms with Crippen molar-refractivity contribution >= 4 is 40.0 Å². The SMILES string of the molecule is Cc1cc(NC(=O)[C@@H](C)Sc2nnc(N)s2)no1. The monoisotopic (exact) mass is 285 g/mol. The summed E-state index contributed by atoms with van der Waals surface area (Å²) in [6.45, 7) is 3.52. The fourth-order valence-electron chi connectivity index (χ4n) is 1.13. The molecule has 0 saturated carbocycles. The summed E-state index contributed by atoms with van der Waals surface area (Å²) in [4.78, 5) is 11.8. The van der Waals surface area contributed by atoms with Gasteiger partial charge >= 0.3 is 0 Å². The van der Waals surface area contributed by atoms with Gasteiger partial charge in [-0.05, 0) is 13.8 Å². The first-order chi connectivity index (χ1) is 8.54. The average Bonchev–Trinajstić information content (AvgIpc) is 2.88. The Hall–Kier alpha value is -1.61. The summed E-state index contributed by atoms with van der Waals surface area (Å²) in [6, 6.07) is 1.65. The molecule has 0 spiro atoms. The lowest BCUT2D eigenvalue weighted by molar-refractivity contribution is -0.115. The van der Waals surface area contributed by atoms with Crippen molar-refractivity contribution in [1.29, 1.82) is 0 Å². The zero-order valence-electron chi connectivity index (χ0n) is 9.71. The third kappa shape index (κ3) is 3.20.